The molecule has 1 N–H and O–H groups in total. The van der Waals surface area contributed by atoms with Gasteiger partial charge >= 0.3 is 5.97 Å². The average molecular weight is 608 g/mol. The Balaban J connectivity index is 1.51. The second-order valence-corrected chi connectivity index (χ2v) is 10.1. The zero-order valence-corrected chi connectivity index (χ0v) is 25.1. The van der Waals surface area contributed by atoms with Crippen LogP contribution in [0.5, 0.6) is 23.0 Å². The molecule has 218 valence electrons. The summed E-state index contributed by atoms with van der Waals surface area (Å²) in [6, 6.07) is 18.1. The van der Waals surface area contributed by atoms with Crippen molar-refractivity contribution in [3.05, 3.63) is 93.8 Å². The van der Waals surface area contributed by atoms with Crippen molar-refractivity contribution in [2.75, 3.05) is 33.3 Å². The Hall–Kier alpha value is -4.47. The fourth-order valence-electron chi connectivity index (χ4n) is 4.05. The number of amides is 1. The Morgan fingerprint density at radius 3 is 2.26 bits per heavy atom. The molecule has 0 fully saturated rings. The maximum atomic E-state index is 12.9. The van der Waals surface area contributed by atoms with E-state index in [2.05, 4.69) is 5.32 Å². The summed E-state index contributed by atoms with van der Waals surface area (Å²) < 4.78 is 27.4. The minimum atomic E-state index is -0.540. The number of nitrogens with one attached hydrogen (secondary N) is 1. The van der Waals surface area contributed by atoms with E-state index in [0.29, 0.717) is 50.8 Å². The quantitative estimate of drug-likeness (QED) is 0.132. The van der Waals surface area contributed by atoms with E-state index >= 15 is 0 Å². The molecule has 0 aliphatic carbocycles. The minimum Gasteiger partial charge on any atom is -0.493 e. The second-order valence-electron chi connectivity index (χ2n) is 8.79. The van der Waals surface area contributed by atoms with Crippen molar-refractivity contribution in [2.24, 2.45) is 0 Å². The van der Waals surface area contributed by atoms with Gasteiger partial charge < -0.3 is 29.0 Å². The monoisotopic (exact) mass is 607 g/mol. The molecule has 0 saturated carbocycles. The molecule has 42 heavy (non-hydrogen) atoms. The third-order valence-electron chi connectivity index (χ3n) is 6.12. The van der Waals surface area contributed by atoms with Crippen molar-refractivity contribution < 1.29 is 33.3 Å². The van der Waals surface area contributed by atoms with Crippen LogP contribution in [-0.2, 0) is 16.1 Å². The molecule has 0 aliphatic heterocycles. The standard InChI is InChI=1S/C32H30ClNO7S/c1-5-40-32(36)30-24(22-10-14-25(37-2)28(17-22)39-4)19-42-31(30)34-29(35)15-9-20-8-13-26(27(16-20)38-3)41-18-21-6-11-23(33)12-7-21/h6-17,19H,5,18H2,1-4H3,(H,34,35)/b15-9+. The Morgan fingerprint density at radius 1 is 0.881 bits per heavy atom. The molecule has 4 aromatic rings. The molecule has 0 aliphatic rings. The molecular weight excluding hydrogens is 578 g/mol. The van der Waals surface area contributed by atoms with E-state index in [1.165, 1.54) is 24.5 Å². The largest absolute Gasteiger partial charge is 0.493 e. The number of halogens is 1. The van der Waals surface area contributed by atoms with E-state index in [4.69, 9.17) is 35.3 Å². The lowest BCUT2D eigenvalue weighted by Gasteiger charge is -2.12. The van der Waals surface area contributed by atoms with E-state index in [9.17, 15) is 9.59 Å². The van der Waals surface area contributed by atoms with E-state index in [0.717, 1.165) is 11.1 Å². The van der Waals surface area contributed by atoms with Crippen LogP contribution in [0.4, 0.5) is 5.00 Å². The van der Waals surface area contributed by atoms with Gasteiger partial charge in [0, 0.05) is 22.0 Å². The van der Waals surface area contributed by atoms with E-state index in [1.54, 1.807) is 69.0 Å². The lowest BCUT2D eigenvalue weighted by Crippen LogP contribution is -2.12. The highest BCUT2D eigenvalue weighted by Gasteiger charge is 2.23. The molecular formula is C32H30ClNO7S. The first-order chi connectivity index (χ1) is 20.4. The number of hydrogen-bond donors (Lipinski definition) is 1. The molecule has 0 saturated heterocycles. The predicted molar refractivity (Wildman–Crippen MR) is 165 cm³/mol. The Labute approximate surface area is 253 Å². The van der Waals surface area contributed by atoms with Crippen molar-refractivity contribution in [1.82, 2.24) is 0 Å². The van der Waals surface area contributed by atoms with Gasteiger partial charge in [0.2, 0.25) is 5.91 Å². The molecule has 8 nitrogen and oxygen atoms in total. The molecule has 0 bridgehead atoms. The molecule has 1 heterocycles. The summed E-state index contributed by atoms with van der Waals surface area (Å²) in [6.07, 6.45) is 3.03. The second kappa shape index (κ2) is 14.4. The Kier molecular flexibility index (Phi) is 10.5. The van der Waals surface area contributed by atoms with Crippen molar-refractivity contribution in [2.45, 2.75) is 13.5 Å². The van der Waals surface area contributed by atoms with Gasteiger partial charge in [-0.05, 0) is 66.1 Å². The van der Waals surface area contributed by atoms with Gasteiger partial charge in [-0.1, -0.05) is 35.9 Å². The molecule has 0 radical (unpaired) electrons. The highest BCUT2D eigenvalue weighted by Crippen LogP contribution is 2.39. The number of carbonyl (C=O) groups excluding carboxylic acids is 2. The third-order valence-corrected chi connectivity index (χ3v) is 7.27. The molecule has 1 amide bonds. The van der Waals surface area contributed by atoms with Crippen molar-refractivity contribution in [1.29, 1.82) is 0 Å². The maximum Gasteiger partial charge on any atom is 0.341 e. The van der Waals surface area contributed by atoms with Crippen LogP contribution in [-0.4, -0.2) is 39.8 Å². The fraction of sp³-hybridized carbons (Fsp3) is 0.188. The van der Waals surface area contributed by atoms with E-state index in [-0.39, 0.29) is 12.2 Å². The zero-order chi connectivity index (χ0) is 30.1. The summed E-state index contributed by atoms with van der Waals surface area (Å²) >= 11 is 7.18. The first-order valence-corrected chi connectivity index (χ1v) is 14.2. The summed E-state index contributed by atoms with van der Waals surface area (Å²) in [4.78, 5) is 25.9. The molecule has 0 unspecified atom stereocenters. The Bertz CT molecular complexity index is 1580. The number of ether oxygens (including phenoxy) is 5. The number of rotatable bonds is 12. The van der Waals surface area contributed by atoms with Gasteiger partial charge in [-0.25, -0.2) is 4.79 Å². The summed E-state index contributed by atoms with van der Waals surface area (Å²) in [5.74, 6) is 1.21. The summed E-state index contributed by atoms with van der Waals surface area (Å²) in [5, 5.41) is 5.64. The van der Waals surface area contributed by atoms with Crippen LogP contribution in [0.3, 0.4) is 0 Å². The zero-order valence-electron chi connectivity index (χ0n) is 23.6. The molecule has 3 aromatic carbocycles. The lowest BCUT2D eigenvalue weighted by molar-refractivity contribution is -0.111. The van der Waals surface area contributed by atoms with Gasteiger partial charge in [0.15, 0.2) is 23.0 Å². The van der Waals surface area contributed by atoms with Crippen molar-refractivity contribution >= 4 is 45.9 Å². The van der Waals surface area contributed by atoms with Gasteiger partial charge in [-0.2, -0.15) is 0 Å². The average Bonchev–Trinajstić information content (AvgIpc) is 3.43. The van der Waals surface area contributed by atoms with Crippen LogP contribution in [0.1, 0.15) is 28.4 Å². The smallest absolute Gasteiger partial charge is 0.341 e. The topological polar surface area (TPSA) is 92.3 Å². The number of anilines is 1. The number of hydrogen-bond acceptors (Lipinski definition) is 8. The van der Waals surface area contributed by atoms with Gasteiger partial charge in [-0.3, -0.25) is 4.79 Å². The predicted octanol–water partition coefficient (Wildman–Crippen LogP) is 7.50. The minimum absolute atomic E-state index is 0.189. The number of methoxy groups -OCH3 is 3. The maximum absolute atomic E-state index is 12.9. The van der Waals surface area contributed by atoms with Crippen LogP contribution in [0, 0.1) is 0 Å². The Morgan fingerprint density at radius 2 is 1.57 bits per heavy atom. The third kappa shape index (κ3) is 7.43. The van der Waals surface area contributed by atoms with Crippen molar-refractivity contribution in [3.8, 4) is 34.1 Å². The van der Waals surface area contributed by atoms with Gasteiger partial charge in [0.1, 0.15) is 17.2 Å². The molecule has 1 aromatic heterocycles. The lowest BCUT2D eigenvalue weighted by atomic mass is 10.0. The van der Waals surface area contributed by atoms with Crippen LogP contribution in [0.2, 0.25) is 5.02 Å². The summed E-state index contributed by atoms with van der Waals surface area (Å²) in [7, 11) is 4.64. The van der Waals surface area contributed by atoms with Gasteiger partial charge in [0.05, 0.1) is 27.9 Å². The highest BCUT2D eigenvalue weighted by molar-refractivity contribution is 7.15. The molecule has 0 atom stereocenters. The number of benzene rings is 3. The SMILES string of the molecule is CCOC(=O)c1c(-c2ccc(OC)c(OC)c2)csc1NC(=O)/C=C/c1ccc(OCc2ccc(Cl)cc2)c(OC)c1. The molecule has 0 spiro atoms. The molecule has 4 rings (SSSR count). The highest BCUT2D eigenvalue weighted by atomic mass is 35.5. The van der Waals surface area contributed by atoms with E-state index < -0.39 is 11.9 Å². The first kappa shape index (κ1) is 30.5. The van der Waals surface area contributed by atoms with Gasteiger partial charge in [-0.15, -0.1) is 11.3 Å². The number of thiophene rings is 1. The number of carbonyl (C=O) groups is 2. The van der Waals surface area contributed by atoms with E-state index in [1.807, 2.05) is 24.3 Å². The number of esters is 1. The van der Waals surface area contributed by atoms with Crippen LogP contribution in [0.15, 0.2) is 72.1 Å². The summed E-state index contributed by atoms with van der Waals surface area (Å²) in [5.41, 5.74) is 3.28. The normalized spacial score (nSPS) is 10.8. The van der Waals surface area contributed by atoms with Crippen LogP contribution >= 0.6 is 22.9 Å². The van der Waals surface area contributed by atoms with Crippen LogP contribution < -0.4 is 24.3 Å². The summed E-state index contributed by atoms with van der Waals surface area (Å²) in [6.45, 7) is 2.26. The molecule has 10 heteroatoms. The van der Waals surface area contributed by atoms with Crippen LogP contribution in [0.25, 0.3) is 17.2 Å². The fourth-order valence-corrected chi connectivity index (χ4v) is 5.13. The van der Waals surface area contributed by atoms with Crippen molar-refractivity contribution in [3.63, 3.8) is 0 Å². The first-order valence-electron chi connectivity index (χ1n) is 12.9. The van der Waals surface area contributed by atoms with Gasteiger partial charge in [0.25, 0.3) is 0 Å².